The molecular formula is C24H27N3O5. The van der Waals surface area contributed by atoms with Gasteiger partial charge in [0.2, 0.25) is 5.91 Å². The molecule has 0 aliphatic heterocycles. The Kier molecular flexibility index (Phi) is 7.85. The van der Waals surface area contributed by atoms with Crippen LogP contribution < -0.4 is 20.1 Å². The van der Waals surface area contributed by atoms with Crippen LogP contribution in [0.1, 0.15) is 29.5 Å². The summed E-state index contributed by atoms with van der Waals surface area (Å²) in [5, 5.41) is 9.43. The zero-order chi connectivity index (χ0) is 22.9. The number of anilines is 1. The topological polar surface area (TPSA) is 103 Å². The standard InChI is InChI=1S/C24H27N3O5/c1-4-25-24(29)15-31-21-11-7-19(8-12-21)26-23(28)13-18-5-9-20(10-6-18)30-14-22-16(2)27-32-17(22)3/h5-12H,4,13-15H2,1-3H3,(H,25,29)(H,26,28). The van der Waals surface area contributed by atoms with Gasteiger partial charge >= 0.3 is 0 Å². The lowest BCUT2D eigenvalue weighted by Gasteiger charge is -2.09. The van der Waals surface area contributed by atoms with Crippen molar-refractivity contribution >= 4 is 17.5 Å². The van der Waals surface area contributed by atoms with Crippen LogP contribution in [0.25, 0.3) is 0 Å². The fraction of sp³-hybridized carbons (Fsp3) is 0.292. The van der Waals surface area contributed by atoms with Crippen molar-refractivity contribution in [1.82, 2.24) is 10.5 Å². The van der Waals surface area contributed by atoms with Crippen LogP contribution >= 0.6 is 0 Å². The Labute approximate surface area is 186 Å². The number of rotatable bonds is 10. The number of nitrogens with zero attached hydrogens (tertiary/aromatic N) is 1. The molecular weight excluding hydrogens is 410 g/mol. The SMILES string of the molecule is CCNC(=O)COc1ccc(NC(=O)Cc2ccc(OCc3c(C)noc3C)cc2)cc1. The molecule has 0 fully saturated rings. The largest absolute Gasteiger partial charge is 0.489 e. The first-order chi connectivity index (χ1) is 15.4. The maximum atomic E-state index is 12.4. The van der Waals surface area contributed by atoms with Crippen molar-refractivity contribution in [3.05, 3.63) is 71.1 Å². The van der Waals surface area contributed by atoms with Gasteiger partial charge in [-0.1, -0.05) is 17.3 Å². The molecule has 2 N–H and O–H groups in total. The molecule has 3 rings (SSSR count). The van der Waals surface area contributed by atoms with Gasteiger partial charge in [0, 0.05) is 12.2 Å². The molecule has 2 amide bonds. The number of benzene rings is 2. The van der Waals surface area contributed by atoms with E-state index in [1.165, 1.54) is 0 Å². The van der Waals surface area contributed by atoms with Crippen molar-refractivity contribution in [2.45, 2.75) is 33.8 Å². The summed E-state index contributed by atoms with van der Waals surface area (Å²) in [5.41, 5.74) is 3.28. The molecule has 0 saturated carbocycles. The Morgan fingerprint density at radius 2 is 1.59 bits per heavy atom. The quantitative estimate of drug-likeness (QED) is 0.503. The van der Waals surface area contributed by atoms with Crippen LogP contribution in [0.2, 0.25) is 0 Å². The Hall–Kier alpha value is -3.81. The number of nitrogens with one attached hydrogen (secondary N) is 2. The Bertz CT molecular complexity index is 1020. The van der Waals surface area contributed by atoms with Gasteiger partial charge in [-0.2, -0.15) is 0 Å². The number of carbonyl (C=O) groups is 2. The molecule has 1 heterocycles. The van der Waals surface area contributed by atoms with Crippen LogP contribution in [0.5, 0.6) is 11.5 Å². The third-order valence-electron chi connectivity index (χ3n) is 4.73. The molecule has 168 valence electrons. The highest BCUT2D eigenvalue weighted by Gasteiger charge is 2.10. The van der Waals surface area contributed by atoms with Crippen LogP contribution in [0.3, 0.4) is 0 Å². The highest BCUT2D eigenvalue weighted by Crippen LogP contribution is 2.19. The smallest absolute Gasteiger partial charge is 0.257 e. The van der Waals surface area contributed by atoms with E-state index < -0.39 is 0 Å². The minimum absolute atomic E-state index is 0.0442. The monoisotopic (exact) mass is 437 g/mol. The van der Waals surface area contributed by atoms with E-state index in [-0.39, 0.29) is 24.8 Å². The minimum Gasteiger partial charge on any atom is -0.489 e. The number of amides is 2. The zero-order valence-corrected chi connectivity index (χ0v) is 18.4. The van der Waals surface area contributed by atoms with E-state index in [9.17, 15) is 9.59 Å². The molecule has 32 heavy (non-hydrogen) atoms. The number of ether oxygens (including phenoxy) is 2. The van der Waals surface area contributed by atoms with Crippen molar-refractivity contribution in [3.8, 4) is 11.5 Å². The molecule has 0 radical (unpaired) electrons. The molecule has 3 aromatic rings. The van der Waals surface area contributed by atoms with E-state index in [2.05, 4.69) is 15.8 Å². The summed E-state index contributed by atoms with van der Waals surface area (Å²) in [6.45, 7) is 6.48. The lowest BCUT2D eigenvalue weighted by Crippen LogP contribution is -2.28. The van der Waals surface area contributed by atoms with Gasteiger partial charge in [0.05, 0.1) is 17.7 Å². The second kappa shape index (κ2) is 11.0. The molecule has 0 aliphatic carbocycles. The summed E-state index contributed by atoms with van der Waals surface area (Å²) in [6, 6.07) is 14.3. The van der Waals surface area contributed by atoms with Crippen molar-refractivity contribution in [3.63, 3.8) is 0 Å². The molecule has 0 bridgehead atoms. The highest BCUT2D eigenvalue weighted by atomic mass is 16.5. The van der Waals surface area contributed by atoms with Gasteiger partial charge in [0.1, 0.15) is 23.9 Å². The van der Waals surface area contributed by atoms with Gasteiger partial charge in [0.25, 0.3) is 5.91 Å². The lowest BCUT2D eigenvalue weighted by atomic mass is 10.1. The normalized spacial score (nSPS) is 10.5. The predicted octanol–water partition coefficient (Wildman–Crippen LogP) is 3.57. The van der Waals surface area contributed by atoms with Crippen LogP contribution in [0, 0.1) is 13.8 Å². The molecule has 8 nitrogen and oxygen atoms in total. The van der Waals surface area contributed by atoms with Gasteiger partial charge in [-0.25, -0.2) is 0 Å². The second-order valence-electron chi connectivity index (χ2n) is 7.23. The summed E-state index contributed by atoms with van der Waals surface area (Å²) < 4.78 is 16.3. The van der Waals surface area contributed by atoms with Gasteiger partial charge in [0.15, 0.2) is 6.61 Å². The fourth-order valence-electron chi connectivity index (χ4n) is 2.99. The summed E-state index contributed by atoms with van der Waals surface area (Å²) >= 11 is 0. The first-order valence-electron chi connectivity index (χ1n) is 10.4. The number of aromatic nitrogens is 1. The number of aryl methyl sites for hydroxylation is 2. The number of hydrogen-bond acceptors (Lipinski definition) is 6. The Morgan fingerprint density at radius 3 is 2.22 bits per heavy atom. The average Bonchev–Trinajstić information content (AvgIpc) is 3.10. The van der Waals surface area contributed by atoms with Crippen molar-refractivity contribution in [2.24, 2.45) is 0 Å². The Morgan fingerprint density at radius 1 is 0.938 bits per heavy atom. The van der Waals surface area contributed by atoms with E-state index in [1.54, 1.807) is 24.3 Å². The number of likely N-dealkylation sites (N-methyl/N-ethyl adjacent to an activating group) is 1. The average molecular weight is 437 g/mol. The second-order valence-corrected chi connectivity index (χ2v) is 7.23. The molecule has 2 aromatic carbocycles. The van der Waals surface area contributed by atoms with Gasteiger partial charge in [-0.15, -0.1) is 0 Å². The van der Waals surface area contributed by atoms with Crippen molar-refractivity contribution in [2.75, 3.05) is 18.5 Å². The minimum atomic E-state index is -0.176. The van der Waals surface area contributed by atoms with E-state index >= 15 is 0 Å². The third-order valence-corrected chi connectivity index (χ3v) is 4.73. The van der Waals surface area contributed by atoms with Crippen LogP contribution in [0.15, 0.2) is 53.1 Å². The van der Waals surface area contributed by atoms with Gasteiger partial charge in [-0.3, -0.25) is 9.59 Å². The fourth-order valence-corrected chi connectivity index (χ4v) is 2.99. The van der Waals surface area contributed by atoms with Crippen LogP contribution in [-0.2, 0) is 22.6 Å². The third kappa shape index (κ3) is 6.60. The van der Waals surface area contributed by atoms with E-state index in [4.69, 9.17) is 14.0 Å². The maximum Gasteiger partial charge on any atom is 0.257 e. The number of carbonyl (C=O) groups excluding carboxylic acids is 2. The van der Waals surface area contributed by atoms with Crippen molar-refractivity contribution < 1.29 is 23.6 Å². The summed E-state index contributed by atoms with van der Waals surface area (Å²) in [7, 11) is 0. The predicted molar refractivity (Wildman–Crippen MR) is 120 cm³/mol. The van der Waals surface area contributed by atoms with E-state index in [0.717, 1.165) is 22.6 Å². The molecule has 0 spiro atoms. The number of hydrogen-bond donors (Lipinski definition) is 2. The van der Waals surface area contributed by atoms with Gasteiger partial charge in [-0.05, 0) is 62.7 Å². The molecule has 0 unspecified atom stereocenters. The zero-order valence-electron chi connectivity index (χ0n) is 18.4. The van der Waals surface area contributed by atoms with E-state index in [1.807, 2.05) is 45.0 Å². The lowest BCUT2D eigenvalue weighted by molar-refractivity contribution is -0.123. The Balaban J connectivity index is 1.46. The highest BCUT2D eigenvalue weighted by molar-refractivity contribution is 5.92. The maximum absolute atomic E-state index is 12.4. The van der Waals surface area contributed by atoms with Crippen LogP contribution in [-0.4, -0.2) is 30.1 Å². The molecule has 0 saturated heterocycles. The summed E-state index contributed by atoms with van der Waals surface area (Å²) in [6.07, 6.45) is 0.236. The van der Waals surface area contributed by atoms with Crippen molar-refractivity contribution in [1.29, 1.82) is 0 Å². The van der Waals surface area contributed by atoms with Crippen LogP contribution in [0.4, 0.5) is 5.69 Å². The summed E-state index contributed by atoms with van der Waals surface area (Å²) in [4.78, 5) is 23.8. The first-order valence-corrected chi connectivity index (χ1v) is 10.4. The first kappa shape index (κ1) is 22.9. The molecule has 0 aliphatic rings. The molecule has 8 heteroatoms. The van der Waals surface area contributed by atoms with E-state index in [0.29, 0.717) is 30.3 Å². The molecule has 0 atom stereocenters. The summed E-state index contributed by atoms with van der Waals surface area (Å²) in [5.74, 6) is 1.70. The molecule has 1 aromatic heterocycles. The van der Waals surface area contributed by atoms with Gasteiger partial charge < -0.3 is 24.6 Å².